The zero-order valence-corrected chi connectivity index (χ0v) is 21.5. The summed E-state index contributed by atoms with van der Waals surface area (Å²) in [5.74, 6) is -2.03. The van der Waals surface area contributed by atoms with Gasteiger partial charge >= 0.3 is 5.97 Å². The van der Waals surface area contributed by atoms with Crippen molar-refractivity contribution >= 4 is 33.5 Å². The lowest BCUT2D eigenvalue weighted by Gasteiger charge is -2.20. The topological polar surface area (TPSA) is 163 Å². The molecule has 6 N–H and O–H groups in total. The van der Waals surface area contributed by atoms with Crippen LogP contribution in [-0.2, 0) is 26.1 Å². The number of sulfonamides is 1. The van der Waals surface area contributed by atoms with E-state index in [-0.39, 0.29) is 22.8 Å². The maximum atomic E-state index is 13.3. The molecule has 0 bridgehead atoms. The fourth-order valence-corrected chi connectivity index (χ4v) is 5.62. The van der Waals surface area contributed by atoms with E-state index in [1.807, 2.05) is 6.92 Å². The summed E-state index contributed by atoms with van der Waals surface area (Å²) in [6, 6.07) is 17.1. The van der Waals surface area contributed by atoms with Crippen LogP contribution >= 0.6 is 0 Å². The van der Waals surface area contributed by atoms with Crippen LogP contribution in [0, 0.1) is 26.2 Å². The summed E-state index contributed by atoms with van der Waals surface area (Å²) < 4.78 is 29.1. The number of guanidine groups is 1. The van der Waals surface area contributed by atoms with Gasteiger partial charge in [-0.2, -0.15) is 10.2 Å². The van der Waals surface area contributed by atoms with Gasteiger partial charge in [-0.25, -0.2) is 13.2 Å². The van der Waals surface area contributed by atoms with E-state index in [0.717, 1.165) is 5.56 Å². The molecular formula is C26H29N5O5S. The van der Waals surface area contributed by atoms with Gasteiger partial charge in [-0.3, -0.25) is 10.2 Å². The lowest BCUT2D eigenvalue weighted by atomic mass is 10.1. The summed E-state index contributed by atoms with van der Waals surface area (Å²) >= 11 is 0. The lowest BCUT2D eigenvalue weighted by Crippen LogP contribution is -2.45. The zero-order valence-electron chi connectivity index (χ0n) is 20.7. The molecule has 194 valence electrons. The van der Waals surface area contributed by atoms with Gasteiger partial charge in [-0.15, -0.1) is 0 Å². The number of aryl methyl sites for hydroxylation is 3. The predicted molar refractivity (Wildman–Crippen MR) is 140 cm³/mol. The summed E-state index contributed by atoms with van der Waals surface area (Å²) in [4.78, 5) is 30.7. The van der Waals surface area contributed by atoms with Crippen LogP contribution in [0.1, 0.15) is 32.6 Å². The molecule has 0 heterocycles. The molecule has 37 heavy (non-hydrogen) atoms. The third-order valence-electron chi connectivity index (χ3n) is 5.39. The summed E-state index contributed by atoms with van der Waals surface area (Å²) in [7, 11) is -4.11. The summed E-state index contributed by atoms with van der Waals surface area (Å²) in [6.45, 7) is 5.25. The highest BCUT2D eigenvalue weighted by Crippen LogP contribution is 2.22. The van der Waals surface area contributed by atoms with Crippen molar-refractivity contribution in [3.8, 4) is 0 Å². The van der Waals surface area contributed by atoms with Crippen LogP contribution in [0.25, 0.3) is 0 Å². The first kappa shape index (κ1) is 27.4. The molecule has 1 atom stereocenters. The number of rotatable bonds is 8. The molecule has 0 fully saturated rings. The smallest absolute Gasteiger partial charge is 0.350 e. The Morgan fingerprint density at radius 1 is 0.973 bits per heavy atom. The molecule has 0 aliphatic rings. The number of nitrogens with two attached hydrogens (primary N) is 1. The molecule has 0 aliphatic carbocycles. The van der Waals surface area contributed by atoms with Crippen LogP contribution in [0.15, 0.2) is 71.6 Å². The van der Waals surface area contributed by atoms with Gasteiger partial charge in [0.25, 0.3) is 5.91 Å². The molecule has 0 radical (unpaired) electrons. The molecule has 11 heteroatoms. The first-order chi connectivity index (χ1) is 17.5. The minimum atomic E-state index is -4.11. The molecule has 3 rings (SSSR count). The van der Waals surface area contributed by atoms with Gasteiger partial charge in [-0.05, 0) is 62.1 Å². The average Bonchev–Trinajstić information content (AvgIpc) is 2.81. The Morgan fingerprint density at radius 2 is 1.62 bits per heavy atom. The van der Waals surface area contributed by atoms with E-state index in [1.165, 1.54) is 12.1 Å². The minimum absolute atomic E-state index is 0.00323. The Morgan fingerprint density at radius 3 is 2.24 bits per heavy atom. The Labute approximate surface area is 215 Å². The molecule has 10 nitrogen and oxygen atoms in total. The number of benzene rings is 3. The largest absolute Gasteiger partial charge is 0.370 e. The van der Waals surface area contributed by atoms with Gasteiger partial charge in [0.05, 0.1) is 4.90 Å². The van der Waals surface area contributed by atoms with E-state index >= 15 is 0 Å². The Kier molecular flexibility index (Phi) is 8.64. The van der Waals surface area contributed by atoms with Crippen molar-refractivity contribution in [1.82, 2.24) is 10.2 Å². The standard InChI is InChI=1S/C26H29N5O5S/c1-16-12-17(2)23(18(3)13-16)37(34,35)31-22(14-19-8-5-4-6-9-19)25(33)36-30-24(32)20-10-7-11-21(15-20)29-26(27)28/h4-13,15,22,31H,14H2,1-3H3,(H,30,32)(H4,27,28,29)/t22-/m0/s1. The van der Waals surface area contributed by atoms with Crippen molar-refractivity contribution in [3.63, 3.8) is 0 Å². The average molecular weight is 524 g/mol. The highest BCUT2D eigenvalue weighted by atomic mass is 32.2. The van der Waals surface area contributed by atoms with Gasteiger partial charge in [0.15, 0.2) is 5.96 Å². The molecular weight excluding hydrogens is 494 g/mol. The summed E-state index contributed by atoms with van der Waals surface area (Å²) in [6.07, 6.45) is -0.00323. The Hall–Kier alpha value is -4.22. The quantitative estimate of drug-likeness (QED) is 0.172. The second-order valence-corrected chi connectivity index (χ2v) is 10.2. The Bertz CT molecular complexity index is 1400. The van der Waals surface area contributed by atoms with Crippen molar-refractivity contribution in [2.75, 3.05) is 5.32 Å². The molecule has 3 aromatic carbocycles. The van der Waals surface area contributed by atoms with Crippen LogP contribution in [0.3, 0.4) is 0 Å². The van der Waals surface area contributed by atoms with Gasteiger partial charge < -0.3 is 15.9 Å². The maximum Gasteiger partial charge on any atom is 0.350 e. The second kappa shape index (κ2) is 11.7. The number of carbonyl (C=O) groups is 2. The van der Waals surface area contributed by atoms with Crippen molar-refractivity contribution in [3.05, 3.63) is 94.5 Å². The molecule has 0 aromatic heterocycles. The number of hydrogen-bond acceptors (Lipinski definition) is 6. The van der Waals surface area contributed by atoms with Crippen LogP contribution in [0.5, 0.6) is 0 Å². The summed E-state index contributed by atoms with van der Waals surface area (Å²) in [5.41, 5.74) is 10.6. The van der Waals surface area contributed by atoms with Crippen LogP contribution < -0.4 is 21.3 Å². The molecule has 0 unspecified atom stereocenters. The fraction of sp³-hybridized carbons (Fsp3) is 0.192. The second-order valence-electron chi connectivity index (χ2n) is 8.56. The van der Waals surface area contributed by atoms with E-state index in [9.17, 15) is 18.0 Å². The minimum Gasteiger partial charge on any atom is -0.370 e. The number of amides is 1. The highest BCUT2D eigenvalue weighted by molar-refractivity contribution is 7.89. The number of carbonyl (C=O) groups excluding carboxylic acids is 2. The van der Waals surface area contributed by atoms with Crippen LogP contribution in [-0.4, -0.2) is 32.3 Å². The first-order valence-corrected chi connectivity index (χ1v) is 12.8. The Balaban J connectivity index is 1.81. The van der Waals surface area contributed by atoms with Gasteiger partial charge in [0.2, 0.25) is 10.0 Å². The maximum absolute atomic E-state index is 13.3. The van der Waals surface area contributed by atoms with E-state index in [0.29, 0.717) is 22.4 Å². The molecule has 0 saturated heterocycles. The SMILES string of the molecule is Cc1cc(C)c(S(=O)(=O)N[C@@H](Cc2ccccc2)C(=O)ONC(=O)c2cccc(NC(=N)N)c2)c(C)c1. The number of nitrogens with one attached hydrogen (secondary N) is 4. The number of hydrogen-bond donors (Lipinski definition) is 5. The van der Waals surface area contributed by atoms with Crippen LogP contribution in [0.2, 0.25) is 0 Å². The monoisotopic (exact) mass is 523 g/mol. The van der Waals surface area contributed by atoms with Gasteiger partial charge in [0, 0.05) is 11.3 Å². The van der Waals surface area contributed by atoms with E-state index in [1.54, 1.807) is 68.4 Å². The van der Waals surface area contributed by atoms with Crippen molar-refractivity contribution < 1.29 is 22.8 Å². The van der Waals surface area contributed by atoms with E-state index in [4.69, 9.17) is 16.0 Å². The third kappa shape index (κ3) is 7.38. The fourth-order valence-electron chi connectivity index (χ4n) is 3.98. The number of hydroxylamine groups is 1. The zero-order chi connectivity index (χ0) is 27.2. The van der Waals surface area contributed by atoms with Crippen molar-refractivity contribution in [2.24, 2.45) is 5.73 Å². The van der Waals surface area contributed by atoms with Gasteiger partial charge in [0.1, 0.15) is 6.04 Å². The predicted octanol–water partition coefficient (Wildman–Crippen LogP) is 2.70. The molecule has 0 spiro atoms. The third-order valence-corrected chi connectivity index (χ3v) is 7.16. The highest BCUT2D eigenvalue weighted by Gasteiger charge is 2.30. The van der Waals surface area contributed by atoms with E-state index in [2.05, 4.69) is 15.5 Å². The molecule has 0 aliphatic heterocycles. The van der Waals surface area contributed by atoms with Crippen LogP contribution in [0.4, 0.5) is 5.69 Å². The summed E-state index contributed by atoms with van der Waals surface area (Å²) in [5, 5.41) is 9.86. The molecule has 3 aromatic rings. The molecule has 1 amide bonds. The molecule has 0 saturated carbocycles. The lowest BCUT2D eigenvalue weighted by molar-refractivity contribution is -0.151. The van der Waals surface area contributed by atoms with Crippen molar-refractivity contribution in [1.29, 1.82) is 5.41 Å². The first-order valence-electron chi connectivity index (χ1n) is 11.3. The van der Waals surface area contributed by atoms with Crippen molar-refractivity contribution in [2.45, 2.75) is 38.1 Å². The van der Waals surface area contributed by atoms with Gasteiger partial charge in [-0.1, -0.05) is 54.1 Å². The normalized spacial score (nSPS) is 11.9. The number of anilines is 1. The van der Waals surface area contributed by atoms with E-state index < -0.39 is 27.9 Å².